The highest BCUT2D eigenvalue weighted by Gasteiger charge is 2.26. The van der Waals surface area contributed by atoms with Crippen molar-refractivity contribution in [3.8, 4) is 22.8 Å². The molecular weight excluding hydrogens is 662 g/mol. The number of carbonyl (C=O) groups excluding carboxylic acids is 2. The van der Waals surface area contributed by atoms with Crippen LogP contribution in [0.25, 0.3) is 16.8 Å². The van der Waals surface area contributed by atoms with E-state index in [4.69, 9.17) is 8.92 Å². The number of imidazole rings is 1. The summed E-state index contributed by atoms with van der Waals surface area (Å²) in [5, 5.41) is 6.06. The molecule has 13 heteroatoms. The molecule has 0 saturated heterocycles. The lowest BCUT2D eigenvalue weighted by atomic mass is 9.91. The van der Waals surface area contributed by atoms with E-state index in [2.05, 4.69) is 20.6 Å². The van der Waals surface area contributed by atoms with E-state index < -0.39 is 21.8 Å². The lowest BCUT2D eigenvalue weighted by molar-refractivity contribution is 0.0888. The number of pyridine rings is 2. The monoisotopic (exact) mass is 699 g/mol. The van der Waals surface area contributed by atoms with E-state index in [0.717, 1.165) is 40.9 Å². The molecule has 0 bridgehead atoms. The van der Waals surface area contributed by atoms with Gasteiger partial charge in [-0.25, -0.2) is 14.4 Å². The number of nitrogens with zero attached hydrogens (tertiary/aromatic N) is 3. The molecule has 2 N–H and O–H groups in total. The number of aromatic nitrogens is 3. The molecule has 3 aromatic heterocycles. The highest BCUT2D eigenvalue weighted by atomic mass is 32.2. The Morgan fingerprint density at radius 1 is 0.920 bits per heavy atom. The number of carbonyl (C=O) groups is 2. The second kappa shape index (κ2) is 15.2. The number of hydrogen-bond donors (Lipinski definition) is 2. The summed E-state index contributed by atoms with van der Waals surface area (Å²) in [5.74, 6) is -0.976. The fourth-order valence-electron chi connectivity index (χ4n) is 6.03. The minimum atomic E-state index is -3.45. The molecule has 0 radical (unpaired) electrons. The third kappa shape index (κ3) is 8.90. The van der Waals surface area contributed by atoms with Crippen LogP contribution in [0.15, 0.2) is 85.2 Å². The summed E-state index contributed by atoms with van der Waals surface area (Å²) >= 11 is 0. The topological polar surface area (TPSA) is 141 Å². The molecule has 2 amide bonds. The first kappa shape index (κ1) is 34.7. The van der Waals surface area contributed by atoms with E-state index in [1.807, 2.05) is 72.0 Å². The van der Waals surface area contributed by atoms with Gasteiger partial charge >= 0.3 is 0 Å². The molecule has 0 aliphatic heterocycles. The number of benzene rings is 2. The van der Waals surface area contributed by atoms with E-state index in [0.29, 0.717) is 55.6 Å². The molecule has 11 nitrogen and oxygen atoms in total. The Labute approximate surface area is 290 Å². The van der Waals surface area contributed by atoms with Crippen molar-refractivity contribution in [2.75, 3.05) is 12.9 Å². The summed E-state index contributed by atoms with van der Waals surface area (Å²) in [7, 11) is -3.45. The molecular formula is C37H38FN5O6S. The van der Waals surface area contributed by atoms with Crippen LogP contribution in [0.3, 0.4) is 0 Å². The lowest BCUT2D eigenvalue weighted by Gasteiger charge is -2.29. The number of fused-ring (bicyclic) bond motifs is 1. The average molecular weight is 700 g/mol. The van der Waals surface area contributed by atoms with Gasteiger partial charge in [0, 0.05) is 24.0 Å². The molecule has 1 aliphatic carbocycles. The van der Waals surface area contributed by atoms with Gasteiger partial charge < -0.3 is 19.8 Å². The van der Waals surface area contributed by atoms with Gasteiger partial charge in [0.2, 0.25) is 5.88 Å². The Kier molecular flexibility index (Phi) is 10.5. The normalized spacial score (nSPS) is 16.2. The van der Waals surface area contributed by atoms with Gasteiger partial charge in [-0.1, -0.05) is 42.5 Å². The SMILES string of the molecule is Cc1cccc2nc(C(=O)N[C@H]3CC[C@H](NC(=O)c4cc(F)cnc4Oc4cccc(-c5ccc(CCCOS(C)(=O)=O)cc5)c4)CC3)cn12. The van der Waals surface area contributed by atoms with E-state index in [9.17, 15) is 22.4 Å². The van der Waals surface area contributed by atoms with Crippen molar-refractivity contribution in [2.45, 2.75) is 57.5 Å². The van der Waals surface area contributed by atoms with Crippen molar-refractivity contribution in [3.05, 3.63) is 114 Å². The maximum Gasteiger partial charge on any atom is 0.271 e. The van der Waals surface area contributed by atoms with Gasteiger partial charge in [0.25, 0.3) is 21.9 Å². The van der Waals surface area contributed by atoms with E-state index in [1.54, 1.807) is 12.3 Å². The van der Waals surface area contributed by atoms with Crippen molar-refractivity contribution in [2.24, 2.45) is 0 Å². The minimum absolute atomic E-state index is 0.0165. The third-order valence-electron chi connectivity index (χ3n) is 8.63. The van der Waals surface area contributed by atoms with Gasteiger partial charge in [0.15, 0.2) is 0 Å². The van der Waals surface area contributed by atoms with Crippen molar-refractivity contribution in [3.63, 3.8) is 0 Å². The van der Waals surface area contributed by atoms with Gasteiger partial charge in [-0.15, -0.1) is 0 Å². The fourth-order valence-corrected chi connectivity index (χ4v) is 6.45. The van der Waals surface area contributed by atoms with Crippen LogP contribution in [0.4, 0.5) is 4.39 Å². The molecule has 0 atom stereocenters. The standard InChI is InChI=1S/C37H38FN5O6S/c1-24-6-3-10-34-42-33(23-43(24)34)36(45)41-30-17-15-29(16-18-30)40-35(44)32-21-28(38)22-39-37(32)49-31-9-4-8-27(20-31)26-13-11-25(12-14-26)7-5-19-48-50(2,46)47/h3-4,6,8-14,20-23,29-30H,5,7,15-19H2,1-2H3,(H,40,44)(H,41,45)/t29-,30-. The van der Waals surface area contributed by atoms with Crippen molar-refractivity contribution < 1.29 is 31.3 Å². The number of rotatable bonds is 12. The van der Waals surface area contributed by atoms with Crippen molar-refractivity contribution in [1.29, 1.82) is 0 Å². The first-order valence-electron chi connectivity index (χ1n) is 16.4. The molecule has 3 heterocycles. The maximum absolute atomic E-state index is 14.3. The van der Waals surface area contributed by atoms with Crippen LogP contribution in [0.1, 0.15) is 64.2 Å². The van der Waals surface area contributed by atoms with E-state index in [-0.39, 0.29) is 36.0 Å². The van der Waals surface area contributed by atoms with Gasteiger partial charge in [0.1, 0.15) is 28.5 Å². The molecule has 0 unspecified atom stereocenters. The summed E-state index contributed by atoms with van der Waals surface area (Å²) in [5.41, 5.74) is 4.87. The summed E-state index contributed by atoms with van der Waals surface area (Å²) in [6.45, 7) is 2.08. The third-order valence-corrected chi connectivity index (χ3v) is 9.23. The summed E-state index contributed by atoms with van der Waals surface area (Å²) in [6.07, 6.45) is 7.61. The van der Waals surface area contributed by atoms with Crippen LogP contribution in [0, 0.1) is 12.7 Å². The van der Waals surface area contributed by atoms with Crippen molar-refractivity contribution in [1.82, 2.24) is 25.0 Å². The van der Waals surface area contributed by atoms with Crippen LogP contribution in [0.2, 0.25) is 0 Å². The number of hydrogen-bond acceptors (Lipinski definition) is 8. The molecule has 1 saturated carbocycles. The predicted octanol–water partition coefficient (Wildman–Crippen LogP) is 6.02. The molecule has 6 rings (SSSR count). The lowest BCUT2D eigenvalue weighted by Crippen LogP contribution is -2.44. The quantitative estimate of drug-likeness (QED) is 0.119. The van der Waals surface area contributed by atoms with Gasteiger partial charge in [-0.3, -0.25) is 13.8 Å². The van der Waals surface area contributed by atoms with Crippen LogP contribution < -0.4 is 15.4 Å². The number of amides is 2. The van der Waals surface area contributed by atoms with Gasteiger partial charge in [-0.05, 0) is 92.5 Å². The highest BCUT2D eigenvalue weighted by molar-refractivity contribution is 7.85. The zero-order valence-corrected chi connectivity index (χ0v) is 28.6. The molecule has 50 heavy (non-hydrogen) atoms. The second-order valence-corrected chi connectivity index (χ2v) is 14.1. The molecule has 5 aromatic rings. The van der Waals surface area contributed by atoms with E-state index in [1.165, 1.54) is 0 Å². The van der Waals surface area contributed by atoms with Crippen LogP contribution in [-0.2, 0) is 20.7 Å². The second-order valence-electron chi connectivity index (χ2n) is 12.5. The maximum atomic E-state index is 14.3. The van der Waals surface area contributed by atoms with Gasteiger partial charge in [-0.2, -0.15) is 8.42 Å². The number of ether oxygens (including phenoxy) is 1. The molecule has 0 spiro atoms. The van der Waals surface area contributed by atoms with Crippen LogP contribution in [-0.4, -0.2) is 59.5 Å². The summed E-state index contributed by atoms with van der Waals surface area (Å²) in [4.78, 5) is 34.8. The number of aryl methyl sites for hydroxylation is 2. The fraction of sp³-hybridized carbons (Fsp3) is 0.297. The highest BCUT2D eigenvalue weighted by Crippen LogP contribution is 2.29. The van der Waals surface area contributed by atoms with Crippen molar-refractivity contribution >= 4 is 27.6 Å². The Morgan fingerprint density at radius 2 is 1.62 bits per heavy atom. The minimum Gasteiger partial charge on any atom is -0.438 e. The Hall–Kier alpha value is -5.14. The van der Waals surface area contributed by atoms with Gasteiger partial charge in [0.05, 0.1) is 19.1 Å². The first-order chi connectivity index (χ1) is 24.0. The smallest absolute Gasteiger partial charge is 0.271 e. The molecule has 1 fully saturated rings. The molecule has 260 valence electrons. The number of nitrogens with one attached hydrogen (secondary N) is 2. The number of halogens is 1. The van der Waals surface area contributed by atoms with Crippen LogP contribution in [0.5, 0.6) is 11.6 Å². The Morgan fingerprint density at radius 3 is 2.32 bits per heavy atom. The average Bonchev–Trinajstić information content (AvgIpc) is 3.55. The summed E-state index contributed by atoms with van der Waals surface area (Å²) < 4.78 is 49.3. The molecule has 1 aliphatic rings. The predicted molar refractivity (Wildman–Crippen MR) is 186 cm³/mol. The summed E-state index contributed by atoms with van der Waals surface area (Å²) in [6, 6.07) is 21.7. The first-order valence-corrected chi connectivity index (χ1v) is 18.3. The zero-order chi connectivity index (χ0) is 35.3. The Balaban J connectivity index is 1.04. The zero-order valence-electron chi connectivity index (χ0n) is 27.8. The van der Waals surface area contributed by atoms with E-state index >= 15 is 0 Å². The largest absolute Gasteiger partial charge is 0.438 e. The Bertz CT molecular complexity index is 2110. The van der Waals surface area contributed by atoms with Crippen LogP contribution >= 0.6 is 0 Å². The molecule has 2 aromatic carbocycles.